The van der Waals surface area contributed by atoms with Crippen LogP contribution >= 0.6 is 11.6 Å². The number of carbonyl (C=O) groups is 1. The quantitative estimate of drug-likeness (QED) is 0.946. The lowest BCUT2D eigenvalue weighted by molar-refractivity contribution is 0.0695. The minimum absolute atomic E-state index is 0.00572. The molecular formula is C16H19ClN4O. The van der Waals surface area contributed by atoms with E-state index in [-0.39, 0.29) is 5.91 Å². The van der Waals surface area contributed by atoms with E-state index >= 15 is 0 Å². The van der Waals surface area contributed by atoms with E-state index < -0.39 is 0 Å². The summed E-state index contributed by atoms with van der Waals surface area (Å²) in [5, 5.41) is 3.54. The first-order valence-electron chi connectivity index (χ1n) is 7.43. The van der Waals surface area contributed by atoms with E-state index in [4.69, 9.17) is 11.6 Å². The molecule has 1 fully saturated rings. The summed E-state index contributed by atoms with van der Waals surface area (Å²) in [6.07, 6.45) is 7.49. The van der Waals surface area contributed by atoms with Crippen LogP contribution in [0.1, 0.15) is 29.2 Å². The summed E-state index contributed by atoms with van der Waals surface area (Å²) in [5.74, 6) is 0.00572. The molecule has 0 saturated carbocycles. The zero-order valence-corrected chi connectivity index (χ0v) is 13.3. The number of amides is 1. The van der Waals surface area contributed by atoms with Crippen LogP contribution in [0.15, 0.2) is 36.9 Å². The van der Waals surface area contributed by atoms with Crippen LogP contribution in [0.5, 0.6) is 0 Å². The van der Waals surface area contributed by atoms with E-state index in [2.05, 4.69) is 14.9 Å². The predicted octanol–water partition coefficient (Wildman–Crippen LogP) is 3.06. The van der Waals surface area contributed by atoms with Crippen LogP contribution in [0.3, 0.4) is 0 Å². The van der Waals surface area contributed by atoms with Gasteiger partial charge in [0.25, 0.3) is 5.91 Å². The highest BCUT2D eigenvalue weighted by Crippen LogP contribution is 2.26. The minimum atomic E-state index is 0.00572. The van der Waals surface area contributed by atoms with Crippen molar-refractivity contribution in [1.82, 2.24) is 14.5 Å². The van der Waals surface area contributed by atoms with Gasteiger partial charge in [0.2, 0.25) is 0 Å². The minimum Gasteiger partial charge on any atom is -0.388 e. The third kappa shape index (κ3) is 2.95. The van der Waals surface area contributed by atoms with Crippen LogP contribution in [-0.2, 0) is 0 Å². The first-order valence-corrected chi connectivity index (χ1v) is 7.81. The van der Waals surface area contributed by atoms with E-state index in [0.29, 0.717) is 16.6 Å². The lowest BCUT2D eigenvalue weighted by atomic mass is 10.0. The summed E-state index contributed by atoms with van der Waals surface area (Å²) >= 11 is 6.19. The molecule has 0 bridgehead atoms. The smallest absolute Gasteiger partial charge is 0.255 e. The van der Waals surface area contributed by atoms with Crippen molar-refractivity contribution >= 4 is 23.2 Å². The first kappa shape index (κ1) is 14.9. The molecule has 0 spiro atoms. The van der Waals surface area contributed by atoms with Gasteiger partial charge >= 0.3 is 0 Å². The summed E-state index contributed by atoms with van der Waals surface area (Å²) in [5.41, 5.74) is 1.45. The number of hydrogen-bond donors (Lipinski definition) is 1. The maximum atomic E-state index is 12.7. The maximum Gasteiger partial charge on any atom is 0.255 e. The predicted molar refractivity (Wildman–Crippen MR) is 87.4 cm³/mol. The number of likely N-dealkylation sites (tertiary alicyclic amines) is 1. The van der Waals surface area contributed by atoms with E-state index in [1.165, 1.54) is 0 Å². The molecule has 2 aromatic rings. The molecule has 0 atom stereocenters. The SMILES string of the molecule is CNc1ccc(Cl)c(C(=O)N2CCC(n3ccnc3)CC2)c1. The van der Waals surface area contributed by atoms with Gasteiger partial charge in [0.1, 0.15) is 0 Å². The second-order valence-electron chi connectivity index (χ2n) is 5.48. The fourth-order valence-corrected chi connectivity index (χ4v) is 3.07. The number of anilines is 1. The number of nitrogens with zero attached hydrogens (tertiary/aromatic N) is 3. The van der Waals surface area contributed by atoms with Gasteiger partial charge < -0.3 is 14.8 Å². The van der Waals surface area contributed by atoms with E-state index in [1.807, 2.05) is 36.6 Å². The van der Waals surface area contributed by atoms with Crippen molar-refractivity contribution < 1.29 is 4.79 Å². The fourth-order valence-electron chi connectivity index (χ4n) is 2.87. The van der Waals surface area contributed by atoms with Gasteiger partial charge in [-0.3, -0.25) is 4.79 Å². The fraction of sp³-hybridized carbons (Fsp3) is 0.375. The Morgan fingerprint density at radius 2 is 2.14 bits per heavy atom. The Labute approximate surface area is 134 Å². The average molecular weight is 319 g/mol. The molecular weight excluding hydrogens is 300 g/mol. The van der Waals surface area contributed by atoms with E-state index in [9.17, 15) is 4.79 Å². The molecule has 0 unspecified atom stereocenters. The highest BCUT2D eigenvalue weighted by Gasteiger charge is 2.25. The topological polar surface area (TPSA) is 50.2 Å². The van der Waals surface area contributed by atoms with Crippen LogP contribution in [-0.4, -0.2) is 40.5 Å². The zero-order chi connectivity index (χ0) is 15.5. The van der Waals surface area contributed by atoms with Crippen molar-refractivity contribution in [3.05, 3.63) is 47.5 Å². The molecule has 0 aliphatic carbocycles. The molecule has 116 valence electrons. The zero-order valence-electron chi connectivity index (χ0n) is 12.5. The van der Waals surface area contributed by atoms with Crippen molar-refractivity contribution in [3.63, 3.8) is 0 Å². The van der Waals surface area contributed by atoms with Crippen molar-refractivity contribution in [2.24, 2.45) is 0 Å². The van der Waals surface area contributed by atoms with Crippen LogP contribution < -0.4 is 5.32 Å². The summed E-state index contributed by atoms with van der Waals surface area (Å²) in [4.78, 5) is 18.6. The normalized spacial score (nSPS) is 15.8. The Morgan fingerprint density at radius 3 is 2.77 bits per heavy atom. The number of aromatic nitrogens is 2. The molecule has 6 heteroatoms. The Hall–Kier alpha value is -2.01. The van der Waals surface area contributed by atoms with Crippen molar-refractivity contribution in [2.75, 3.05) is 25.5 Å². The van der Waals surface area contributed by atoms with Gasteiger partial charge in [-0.25, -0.2) is 4.98 Å². The number of carbonyl (C=O) groups excluding carboxylic acids is 1. The summed E-state index contributed by atoms with van der Waals surface area (Å²) in [6.45, 7) is 1.48. The number of nitrogens with one attached hydrogen (secondary N) is 1. The second kappa shape index (κ2) is 6.40. The monoisotopic (exact) mass is 318 g/mol. The summed E-state index contributed by atoms with van der Waals surface area (Å²) in [6, 6.07) is 5.86. The lowest BCUT2D eigenvalue weighted by Gasteiger charge is -2.32. The molecule has 1 aromatic heterocycles. The Balaban J connectivity index is 1.69. The van der Waals surface area contributed by atoms with Crippen molar-refractivity contribution in [3.8, 4) is 0 Å². The molecule has 5 nitrogen and oxygen atoms in total. The Bertz CT molecular complexity index is 648. The third-order valence-electron chi connectivity index (χ3n) is 4.18. The molecule has 1 aliphatic rings. The molecule has 3 rings (SSSR count). The third-order valence-corrected chi connectivity index (χ3v) is 4.51. The Morgan fingerprint density at radius 1 is 1.36 bits per heavy atom. The molecule has 22 heavy (non-hydrogen) atoms. The van der Waals surface area contributed by atoms with Crippen LogP contribution in [0.2, 0.25) is 5.02 Å². The lowest BCUT2D eigenvalue weighted by Crippen LogP contribution is -2.39. The highest BCUT2D eigenvalue weighted by molar-refractivity contribution is 6.34. The molecule has 1 saturated heterocycles. The average Bonchev–Trinajstić information content (AvgIpc) is 3.09. The standard InChI is InChI=1S/C16H19ClN4O/c1-18-12-2-3-15(17)14(10-12)16(22)20-7-4-13(5-8-20)21-9-6-19-11-21/h2-3,6,9-11,13,18H,4-5,7-8H2,1H3. The molecule has 2 heterocycles. The largest absolute Gasteiger partial charge is 0.388 e. The van der Waals surface area contributed by atoms with Gasteiger partial charge in [-0.2, -0.15) is 0 Å². The number of benzene rings is 1. The van der Waals surface area contributed by atoms with Crippen LogP contribution in [0, 0.1) is 0 Å². The number of piperidine rings is 1. The Kier molecular flexibility index (Phi) is 4.34. The number of rotatable bonds is 3. The van der Waals surface area contributed by atoms with Crippen molar-refractivity contribution in [1.29, 1.82) is 0 Å². The van der Waals surface area contributed by atoms with Gasteiger partial charge in [0, 0.05) is 44.3 Å². The summed E-state index contributed by atoms with van der Waals surface area (Å²) < 4.78 is 2.12. The van der Waals surface area contributed by atoms with Gasteiger partial charge in [0.05, 0.1) is 16.9 Å². The van der Waals surface area contributed by atoms with E-state index in [1.54, 1.807) is 12.3 Å². The van der Waals surface area contributed by atoms with Crippen LogP contribution in [0.25, 0.3) is 0 Å². The van der Waals surface area contributed by atoms with Gasteiger partial charge in [-0.15, -0.1) is 0 Å². The van der Waals surface area contributed by atoms with Gasteiger partial charge in [-0.1, -0.05) is 11.6 Å². The number of hydrogen-bond acceptors (Lipinski definition) is 3. The highest BCUT2D eigenvalue weighted by atomic mass is 35.5. The van der Waals surface area contributed by atoms with Gasteiger partial charge in [-0.05, 0) is 31.0 Å². The number of halogens is 1. The number of imidazole rings is 1. The molecule has 1 amide bonds. The summed E-state index contributed by atoms with van der Waals surface area (Å²) in [7, 11) is 1.83. The van der Waals surface area contributed by atoms with Crippen molar-refractivity contribution in [2.45, 2.75) is 18.9 Å². The van der Waals surface area contributed by atoms with E-state index in [0.717, 1.165) is 31.6 Å². The molecule has 1 aliphatic heterocycles. The van der Waals surface area contributed by atoms with Gasteiger partial charge in [0.15, 0.2) is 0 Å². The first-order chi connectivity index (χ1) is 10.7. The molecule has 1 N–H and O–H groups in total. The maximum absolute atomic E-state index is 12.7. The molecule has 0 radical (unpaired) electrons. The molecule has 1 aromatic carbocycles. The van der Waals surface area contributed by atoms with Crippen LogP contribution in [0.4, 0.5) is 5.69 Å². The second-order valence-corrected chi connectivity index (χ2v) is 5.89.